The average molecular weight is 502 g/mol. The number of anilines is 1. The molecule has 1 saturated heterocycles. The van der Waals surface area contributed by atoms with Gasteiger partial charge in [-0.1, -0.05) is 59.1 Å². The lowest BCUT2D eigenvalue weighted by Gasteiger charge is -2.26. The first kappa shape index (κ1) is 22.9. The molecule has 4 amide bonds. The van der Waals surface area contributed by atoms with E-state index in [4.69, 9.17) is 39.5 Å². The molecule has 1 fully saturated rings. The first-order chi connectivity index (χ1) is 15.8. The maximum Gasteiger partial charge on any atom is 0.335 e. The van der Waals surface area contributed by atoms with Crippen molar-refractivity contribution in [3.63, 3.8) is 0 Å². The van der Waals surface area contributed by atoms with Gasteiger partial charge >= 0.3 is 6.03 Å². The van der Waals surface area contributed by atoms with Gasteiger partial charge in [-0.3, -0.25) is 14.9 Å². The SMILES string of the molecule is O=C1NC(=O)N(c2cccc(Cl)c2)C(=O)/C1=C/c1ccc(OCc2ccc(Cl)c(Cl)c2)cc1. The van der Waals surface area contributed by atoms with E-state index in [9.17, 15) is 14.4 Å². The number of ether oxygens (including phenoxy) is 1. The maximum atomic E-state index is 12.9. The largest absolute Gasteiger partial charge is 0.489 e. The van der Waals surface area contributed by atoms with Crippen molar-refractivity contribution in [2.45, 2.75) is 6.61 Å². The van der Waals surface area contributed by atoms with Crippen LogP contribution in [0.5, 0.6) is 5.75 Å². The molecule has 0 spiro atoms. The fourth-order valence-corrected chi connectivity index (χ4v) is 3.64. The molecule has 4 rings (SSSR count). The molecule has 3 aromatic rings. The highest BCUT2D eigenvalue weighted by Crippen LogP contribution is 2.26. The van der Waals surface area contributed by atoms with Gasteiger partial charge in [0.2, 0.25) is 0 Å². The molecule has 0 saturated carbocycles. The number of amides is 4. The third-order valence-electron chi connectivity index (χ3n) is 4.75. The van der Waals surface area contributed by atoms with Gasteiger partial charge in [-0.25, -0.2) is 9.69 Å². The number of benzene rings is 3. The van der Waals surface area contributed by atoms with Crippen molar-refractivity contribution in [2.75, 3.05) is 4.90 Å². The lowest BCUT2D eigenvalue weighted by Crippen LogP contribution is -2.54. The van der Waals surface area contributed by atoms with E-state index >= 15 is 0 Å². The quantitative estimate of drug-likeness (QED) is 0.349. The molecule has 1 N–H and O–H groups in total. The third kappa shape index (κ3) is 5.20. The van der Waals surface area contributed by atoms with Gasteiger partial charge in [0.1, 0.15) is 17.9 Å². The molecule has 0 radical (unpaired) electrons. The Kier molecular flexibility index (Phi) is 6.70. The van der Waals surface area contributed by atoms with Crippen molar-refractivity contribution in [3.05, 3.63) is 98.5 Å². The fraction of sp³-hybridized carbons (Fsp3) is 0.0417. The molecule has 9 heteroatoms. The Bertz CT molecular complexity index is 1290. The Labute approximate surface area is 204 Å². The van der Waals surface area contributed by atoms with E-state index in [0.717, 1.165) is 10.5 Å². The molecule has 3 aromatic carbocycles. The van der Waals surface area contributed by atoms with E-state index < -0.39 is 17.8 Å². The molecule has 1 aliphatic heterocycles. The number of rotatable bonds is 5. The van der Waals surface area contributed by atoms with Gasteiger partial charge in [0.15, 0.2) is 0 Å². The Balaban J connectivity index is 1.51. The maximum absolute atomic E-state index is 12.9. The monoisotopic (exact) mass is 500 g/mol. The van der Waals surface area contributed by atoms with Crippen LogP contribution < -0.4 is 15.0 Å². The van der Waals surface area contributed by atoms with E-state index in [1.54, 1.807) is 54.6 Å². The zero-order chi connectivity index (χ0) is 23.5. The van der Waals surface area contributed by atoms with E-state index in [-0.39, 0.29) is 17.9 Å². The Morgan fingerprint density at radius 1 is 0.879 bits per heavy atom. The van der Waals surface area contributed by atoms with Crippen molar-refractivity contribution in [1.82, 2.24) is 5.32 Å². The standard InChI is InChI=1S/C24H15Cl3N2O4/c25-16-2-1-3-17(12-16)29-23(31)19(22(30)28-24(29)32)10-14-4-7-18(8-5-14)33-13-15-6-9-20(26)21(27)11-15/h1-12H,13H2,(H,28,30,32)/b19-10+. The minimum atomic E-state index is -0.838. The molecule has 0 aliphatic carbocycles. The van der Waals surface area contributed by atoms with Gasteiger partial charge in [0.05, 0.1) is 15.7 Å². The summed E-state index contributed by atoms with van der Waals surface area (Å²) in [5.41, 5.74) is 1.51. The van der Waals surface area contributed by atoms with Gasteiger partial charge in [-0.15, -0.1) is 0 Å². The molecule has 0 atom stereocenters. The Morgan fingerprint density at radius 2 is 1.64 bits per heavy atom. The number of imide groups is 2. The normalized spacial score (nSPS) is 15.1. The summed E-state index contributed by atoms with van der Waals surface area (Å²) in [6.45, 7) is 0.287. The molecule has 33 heavy (non-hydrogen) atoms. The number of nitrogens with one attached hydrogen (secondary N) is 1. The lowest BCUT2D eigenvalue weighted by atomic mass is 10.1. The summed E-state index contributed by atoms with van der Waals surface area (Å²) in [4.78, 5) is 38.4. The van der Waals surface area contributed by atoms with Crippen LogP contribution in [-0.4, -0.2) is 17.8 Å². The van der Waals surface area contributed by atoms with Crippen LogP contribution >= 0.6 is 34.8 Å². The summed E-state index contributed by atoms with van der Waals surface area (Å²) < 4.78 is 5.74. The molecule has 6 nitrogen and oxygen atoms in total. The number of carbonyl (C=O) groups is 3. The van der Waals surface area contributed by atoms with Crippen molar-refractivity contribution < 1.29 is 19.1 Å². The second-order valence-electron chi connectivity index (χ2n) is 7.04. The number of hydrogen-bond acceptors (Lipinski definition) is 4. The summed E-state index contributed by atoms with van der Waals surface area (Å²) in [6, 6.07) is 17.4. The van der Waals surface area contributed by atoms with Crippen molar-refractivity contribution in [3.8, 4) is 5.75 Å². The van der Waals surface area contributed by atoms with E-state index in [0.29, 0.717) is 26.4 Å². The van der Waals surface area contributed by atoms with Crippen LogP contribution in [0.1, 0.15) is 11.1 Å². The second kappa shape index (κ2) is 9.67. The third-order valence-corrected chi connectivity index (χ3v) is 5.72. The Morgan fingerprint density at radius 3 is 2.33 bits per heavy atom. The second-order valence-corrected chi connectivity index (χ2v) is 8.29. The summed E-state index contributed by atoms with van der Waals surface area (Å²) in [5, 5.41) is 3.44. The topological polar surface area (TPSA) is 75.7 Å². The first-order valence-corrected chi connectivity index (χ1v) is 10.8. The van der Waals surface area contributed by atoms with E-state index in [1.165, 1.54) is 12.1 Å². The number of hydrogen-bond donors (Lipinski definition) is 1. The zero-order valence-corrected chi connectivity index (χ0v) is 19.1. The molecule has 0 aromatic heterocycles. The molecule has 1 heterocycles. The van der Waals surface area contributed by atoms with Crippen LogP contribution in [0.25, 0.3) is 6.08 Å². The van der Waals surface area contributed by atoms with Crippen LogP contribution in [0.2, 0.25) is 15.1 Å². The van der Waals surface area contributed by atoms with Gasteiger partial charge in [-0.05, 0) is 59.7 Å². The van der Waals surface area contributed by atoms with E-state index in [2.05, 4.69) is 5.32 Å². The number of nitrogens with zero attached hydrogens (tertiary/aromatic N) is 1. The van der Waals surface area contributed by atoms with E-state index in [1.807, 2.05) is 6.07 Å². The molecule has 0 unspecified atom stereocenters. The number of halogens is 3. The average Bonchev–Trinajstić information content (AvgIpc) is 2.78. The molecular weight excluding hydrogens is 487 g/mol. The molecule has 166 valence electrons. The number of barbiturate groups is 1. The fourth-order valence-electron chi connectivity index (χ4n) is 3.13. The summed E-state index contributed by atoms with van der Waals surface area (Å²) in [5.74, 6) is -0.937. The predicted molar refractivity (Wildman–Crippen MR) is 128 cm³/mol. The van der Waals surface area contributed by atoms with Crippen molar-refractivity contribution in [1.29, 1.82) is 0 Å². The van der Waals surface area contributed by atoms with Crippen LogP contribution in [0, 0.1) is 0 Å². The van der Waals surface area contributed by atoms with Gasteiger partial charge in [0.25, 0.3) is 11.8 Å². The summed E-state index contributed by atoms with van der Waals surface area (Å²) >= 11 is 17.9. The number of urea groups is 1. The predicted octanol–water partition coefficient (Wildman–Crippen LogP) is 5.89. The molecule has 0 bridgehead atoms. The van der Waals surface area contributed by atoms with Crippen LogP contribution in [0.3, 0.4) is 0 Å². The van der Waals surface area contributed by atoms with Crippen LogP contribution in [0.15, 0.2) is 72.3 Å². The van der Waals surface area contributed by atoms with Gasteiger partial charge in [0, 0.05) is 5.02 Å². The van der Waals surface area contributed by atoms with Crippen molar-refractivity contribution >= 4 is 64.4 Å². The van der Waals surface area contributed by atoms with Gasteiger partial charge < -0.3 is 4.74 Å². The highest BCUT2D eigenvalue weighted by Gasteiger charge is 2.36. The smallest absolute Gasteiger partial charge is 0.335 e. The Hall–Kier alpha value is -3.32. The minimum absolute atomic E-state index is 0.181. The minimum Gasteiger partial charge on any atom is -0.489 e. The van der Waals surface area contributed by atoms with Crippen molar-refractivity contribution in [2.24, 2.45) is 0 Å². The van der Waals surface area contributed by atoms with Gasteiger partial charge in [-0.2, -0.15) is 0 Å². The van der Waals surface area contributed by atoms with Crippen LogP contribution in [-0.2, 0) is 16.2 Å². The zero-order valence-electron chi connectivity index (χ0n) is 16.8. The first-order valence-electron chi connectivity index (χ1n) is 9.65. The number of carbonyl (C=O) groups excluding carboxylic acids is 3. The summed E-state index contributed by atoms with van der Waals surface area (Å²) in [6.07, 6.45) is 1.41. The summed E-state index contributed by atoms with van der Waals surface area (Å²) in [7, 11) is 0. The molecule has 1 aliphatic rings. The highest BCUT2D eigenvalue weighted by atomic mass is 35.5. The van der Waals surface area contributed by atoms with Crippen LogP contribution in [0.4, 0.5) is 10.5 Å². The highest BCUT2D eigenvalue weighted by molar-refractivity contribution is 6.42. The molecular formula is C24H15Cl3N2O4. The lowest BCUT2D eigenvalue weighted by molar-refractivity contribution is -0.122.